The van der Waals surface area contributed by atoms with Crippen LogP contribution in [0, 0.1) is 5.82 Å². The molecule has 2 N–H and O–H groups in total. The minimum Gasteiger partial charge on any atom is -0.346 e. The maximum Gasteiger partial charge on any atom is 0.390 e. The molecular formula is C11H10F4N2O2S. The number of primary sulfonamides is 1. The first-order chi connectivity index (χ1) is 9.08. The summed E-state index contributed by atoms with van der Waals surface area (Å²) in [6.07, 6.45) is -4.51. The highest BCUT2D eigenvalue weighted by molar-refractivity contribution is 7.89. The largest absolute Gasteiger partial charge is 0.390 e. The van der Waals surface area contributed by atoms with Crippen LogP contribution in [-0.2, 0) is 16.6 Å². The predicted molar refractivity (Wildman–Crippen MR) is 63.9 cm³/mol. The van der Waals surface area contributed by atoms with Gasteiger partial charge in [0.1, 0.15) is 10.7 Å². The van der Waals surface area contributed by atoms with Crippen molar-refractivity contribution in [2.75, 3.05) is 0 Å². The number of aryl methyl sites for hydroxylation is 1. The van der Waals surface area contributed by atoms with Crippen LogP contribution in [0.25, 0.3) is 10.9 Å². The van der Waals surface area contributed by atoms with E-state index in [-0.39, 0.29) is 10.9 Å². The number of fused-ring (bicyclic) bond motifs is 1. The summed E-state index contributed by atoms with van der Waals surface area (Å²) >= 11 is 0. The van der Waals surface area contributed by atoms with Crippen molar-refractivity contribution in [3.05, 3.63) is 30.2 Å². The van der Waals surface area contributed by atoms with Crippen LogP contribution in [0.1, 0.15) is 6.42 Å². The molecule has 0 saturated heterocycles. The van der Waals surface area contributed by atoms with Crippen molar-refractivity contribution < 1.29 is 26.0 Å². The molecule has 1 heterocycles. The number of nitrogens with two attached hydrogens (primary N) is 1. The van der Waals surface area contributed by atoms with Gasteiger partial charge < -0.3 is 4.57 Å². The summed E-state index contributed by atoms with van der Waals surface area (Å²) in [7, 11) is -4.15. The van der Waals surface area contributed by atoms with Crippen LogP contribution in [0.15, 0.2) is 29.3 Å². The molecule has 0 aliphatic heterocycles. The van der Waals surface area contributed by atoms with E-state index in [1.807, 2.05) is 0 Å². The number of rotatable bonds is 3. The molecule has 0 atom stereocenters. The Morgan fingerprint density at radius 1 is 1.25 bits per heavy atom. The first-order valence-corrected chi connectivity index (χ1v) is 7.00. The molecule has 20 heavy (non-hydrogen) atoms. The van der Waals surface area contributed by atoms with Gasteiger partial charge in [-0.3, -0.25) is 0 Å². The van der Waals surface area contributed by atoms with Crippen LogP contribution in [-0.4, -0.2) is 19.2 Å². The van der Waals surface area contributed by atoms with Gasteiger partial charge in [0.15, 0.2) is 0 Å². The number of aromatic nitrogens is 1. The van der Waals surface area contributed by atoms with Gasteiger partial charge in [-0.1, -0.05) is 0 Å². The lowest BCUT2D eigenvalue weighted by Gasteiger charge is -2.08. The molecule has 1 aromatic carbocycles. The standard InChI is InChI=1S/C11H10F4N2O2S/c12-7-1-2-9-8(5-7)10(20(16,18)19)6-17(9)4-3-11(13,14)15/h1-2,5-6H,3-4H2,(H2,16,18,19). The maximum absolute atomic E-state index is 13.2. The quantitative estimate of drug-likeness (QED) is 0.885. The third-order valence-corrected chi connectivity index (χ3v) is 3.69. The molecule has 110 valence electrons. The smallest absolute Gasteiger partial charge is 0.346 e. The van der Waals surface area contributed by atoms with Crippen molar-refractivity contribution in [3.63, 3.8) is 0 Å². The Labute approximate surface area is 111 Å². The van der Waals surface area contributed by atoms with Crippen molar-refractivity contribution in [3.8, 4) is 0 Å². The Morgan fingerprint density at radius 2 is 1.90 bits per heavy atom. The lowest BCUT2D eigenvalue weighted by Crippen LogP contribution is -2.13. The number of benzene rings is 1. The van der Waals surface area contributed by atoms with E-state index in [0.717, 1.165) is 22.9 Å². The first kappa shape index (κ1) is 14.8. The van der Waals surface area contributed by atoms with Gasteiger partial charge >= 0.3 is 6.18 Å². The molecule has 0 spiro atoms. The zero-order chi connectivity index (χ0) is 15.1. The zero-order valence-electron chi connectivity index (χ0n) is 9.98. The summed E-state index contributed by atoms with van der Waals surface area (Å²) in [5, 5.41) is 4.95. The van der Waals surface area contributed by atoms with Gasteiger partial charge in [-0.05, 0) is 18.2 Å². The topological polar surface area (TPSA) is 65.1 Å². The molecule has 0 aliphatic carbocycles. The van der Waals surface area contributed by atoms with E-state index < -0.39 is 39.9 Å². The van der Waals surface area contributed by atoms with Crippen LogP contribution in [0.2, 0.25) is 0 Å². The van der Waals surface area contributed by atoms with Crippen LogP contribution in [0.4, 0.5) is 17.6 Å². The van der Waals surface area contributed by atoms with E-state index in [1.165, 1.54) is 6.07 Å². The monoisotopic (exact) mass is 310 g/mol. The van der Waals surface area contributed by atoms with Gasteiger partial charge in [-0.15, -0.1) is 0 Å². The molecule has 4 nitrogen and oxygen atoms in total. The summed E-state index contributed by atoms with van der Waals surface area (Å²) in [6, 6.07) is 3.19. The first-order valence-electron chi connectivity index (χ1n) is 5.46. The molecule has 0 unspecified atom stereocenters. The number of alkyl halides is 3. The number of sulfonamides is 1. The summed E-state index contributed by atoms with van der Waals surface area (Å²) < 4.78 is 73.7. The van der Waals surface area contributed by atoms with Crippen LogP contribution < -0.4 is 5.14 Å². The Hall–Kier alpha value is -1.61. The molecule has 0 saturated carbocycles. The minimum atomic E-state index is -4.38. The second kappa shape index (κ2) is 4.74. The van der Waals surface area contributed by atoms with Crippen LogP contribution in [0.3, 0.4) is 0 Å². The van der Waals surface area contributed by atoms with E-state index in [9.17, 15) is 26.0 Å². The van der Waals surface area contributed by atoms with Gasteiger partial charge in [0.2, 0.25) is 10.0 Å². The molecule has 0 fully saturated rings. The normalized spacial score (nSPS) is 13.1. The lowest BCUT2D eigenvalue weighted by molar-refractivity contribution is -0.136. The van der Waals surface area contributed by atoms with E-state index in [0.29, 0.717) is 0 Å². The number of hydrogen-bond donors (Lipinski definition) is 1. The maximum atomic E-state index is 13.2. The fourth-order valence-corrected chi connectivity index (χ4v) is 2.64. The van der Waals surface area contributed by atoms with Crippen molar-refractivity contribution in [1.82, 2.24) is 4.57 Å². The summed E-state index contributed by atoms with van der Waals surface area (Å²) in [5.41, 5.74) is 0.180. The van der Waals surface area contributed by atoms with E-state index in [1.54, 1.807) is 0 Å². The third kappa shape index (κ3) is 3.10. The van der Waals surface area contributed by atoms with Crippen LogP contribution >= 0.6 is 0 Å². The Morgan fingerprint density at radius 3 is 2.45 bits per heavy atom. The predicted octanol–water partition coefficient (Wildman–Crippen LogP) is 2.38. The van der Waals surface area contributed by atoms with Gasteiger partial charge in [-0.25, -0.2) is 17.9 Å². The highest BCUT2D eigenvalue weighted by Gasteiger charge is 2.27. The van der Waals surface area contributed by atoms with E-state index in [4.69, 9.17) is 5.14 Å². The Kier molecular flexibility index (Phi) is 3.51. The number of nitrogens with zero attached hydrogens (tertiary/aromatic N) is 1. The van der Waals surface area contributed by atoms with Gasteiger partial charge in [-0.2, -0.15) is 13.2 Å². The van der Waals surface area contributed by atoms with E-state index in [2.05, 4.69) is 0 Å². The molecule has 2 aromatic rings. The van der Waals surface area contributed by atoms with Gasteiger partial charge in [0, 0.05) is 23.6 Å². The second-order valence-electron chi connectivity index (χ2n) is 4.26. The highest BCUT2D eigenvalue weighted by atomic mass is 32.2. The Bertz CT molecular complexity index is 750. The zero-order valence-corrected chi connectivity index (χ0v) is 10.8. The lowest BCUT2D eigenvalue weighted by atomic mass is 10.2. The van der Waals surface area contributed by atoms with Gasteiger partial charge in [0.05, 0.1) is 6.42 Å². The molecular weight excluding hydrogens is 300 g/mol. The molecule has 0 radical (unpaired) electrons. The average molecular weight is 310 g/mol. The molecule has 2 rings (SSSR count). The van der Waals surface area contributed by atoms with Crippen molar-refractivity contribution in [2.24, 2.45) is 5.14 Å². The minimum absolute atomic E-state index is 0.0327. The molecule has 0 bridgehead atoms. The molecule has 0 aliphatic rings. The average Bonchev–Trinajstić information content (AvgIpc) is 2.63. The number of halogens is 4. The van der Waals surface area contributed by atoms with Crippen molar-refractivity contribution >= 4 is 20.9 Å². The molecule has 0 amide bonds. The molecule has 9 heteroatoms. The fourth-order valence-electron chi connectivity index (χ4n) is 1.90. The van der Waals surface area contributed by atoms with Gasteiger partial charge in [0.25, 0.3) is 0 Å². The third-order valence-electron chi connectivity index (χ3n) is 2.75. The highest BCUT2D eigenvalue weighted by Crippen LogP contribution is 2.28. The summed E-state index contributed by atoms with van der Waals surface area (Å²) in [6.45, 7) is -0.471. The summed E-state index contributed by atoms with van der Waals surface area (Å²) in [4.78, 5) is -0.394. The second-order valence-corrected chi connectivity index (χ2v) is 5.79. The molecule has 1 aromatic heterocycles. The van der Waals surface area contributed by atoms with Crippen molar-refractivity contribution in [1.29, 1.82) is 0 Å². The fraction of sp³-hybridized carbons (Fsp3) is 0.273. The summed E-state index contributed by atoms with van der Waals surface area (Å²) in [5.74, 6) is -0.698. The van der Waals surface area contributed by atoms with Crippen LogP contribution in [0.5, 0.6) is 0 Å². The van der Waals surface area contributed by atoms with Crippen molar-refractivity contribution in [2.45, 2.75) is 24.0 Å². The SMILES string of the molecule is NS(=O)(=O)c1cn(CCC(F)(F)F)c2ccc(F)cc12. The Balaban J connectivity index is 2.57. The van der Waals surface area contributed by atoms with E-state index >= 15 is 0 Å². The number of hydrogen-bond acceptors (Lipinski definition) is 2.